The number of hydrogen-bond donors (Lipinski definition) is 2. The van der Waals surface area contributed by atoms with Crippen molar-refractivity contribution in [3.63, 3.8) is 0 Å². The molecule has 3 aromatic rings. The molecule has 7 heteroatoms. The van der Waals surface area contributed by atoms with E-state index in [1.807, 2.05) is 0 Å². The minimum atomic E-state index is -0.447. The second-order valence-corrected chi connectivity index (χ2v) is 5.90. The topological polar surface area (TPSA) is 80.3 Å². The highest BCUT2D eigenvalue weighted by molar-refractivity contribution is 6.04. The molecule has 0 atom stereocenters. The first-order valence-corrected chi connectivity index (χ1v) is 8.50. The van der Waals surface area contributed by atoms with Gasteiger partial charge in [-0.2, -0.15) is 0 Å². The molecule has 0 aliphatic rings. The highest BCUT2D eigenvalue weighted by Crippen LogP contribution is 2.15. The molecule has 2 aromatic carbocycles. The number of nitrogens with zero attached hydrogens (tertiary/aromatic N) is 1. The average molecular weight is 379 g/mol. The fourth-order valence-corrected chi connectivity index (χ4v) is 2.51. The summed E-state index contributed by atoms with van der Waals surface area (Å²) < 4.78 is 18.3. The Morgan fingerprint density at radius 3 is 2.50 bits per heavy atom. The van der Waals surface area contributed by atoms with E-state index in [1.165, 1.54) is 19.4 Å². The second-order valence-electron chi connectivity index (χ2n) is 5.90. The van der Waals surface area contributed by atoms with E-state index in [4.69, 9.17) is 0 Å². The molecule has 1 amide bonds. The smallest absolute Gasteiger partial charge is 0.337 e. The van der Waals surface area contributed by atoms with E-state index in [0.29, 0.717) is 28.2 Å². The van der Waals surface area contributed by atoms with Gasteiger partial charge < -0.3 is 15.4 Å². The fraction of sp³-hybridized carbons (Fsp3) is 0.0952. The van der Waals surface area contributed by atoms with Gasteiger partial charge in [0.05, 0.1) is 12.7 Å². The molecule has 0 saturated carbocycles. The van der Waals surface area contributed by atoms with Gasteiger partial charge in [0.1, 0.15) is 11.6 Å². The van der Waals surface area contributed by atoms with Crippen molar-refractivity contribution >= 4 is 23.4 Å². The zero-order valence-electron chi connectivity index (χ0n) is 15.1. The maximum Gasteiger partial charge on any atom is 0.337 e. The van der Waals surface area contributed by atoms with Crippen LogP contribution in [0.1, 0.15) is 26.3 Å². The van der Waals surface area contributed by atoms with Crippen LogP contribution in [0, 0.1) is 5.82 Å². The number of pyridine rings is 1. The summed E-state index contributed by atoms with van der Waals surface area (Å²) >= 11 is 0. The third-order valence-corrected chi connectivity index (χ3v) is 4.00. The van der Waals surface area contributed by atoms with Crippen LogP contribution in [0.4, 0.5) is 15.9 Å². The van der Waals surface area contributed by atoms with E-state index in [9.17, 15) is 14.0 Å². The first-order chi connectivity index (χ1) is 13.6. The van der Waals surface area contributed by atoms with Gasteiger partial charge in [-0.1, -0.05) is 18.2 Å². The first kappa shape index (κ1) is 19.0. The molecule has 0 spiro atoms. The number of hydrogen-bond acceptors (Lipinski definition) is 5. The first-order valence-electron chi connectivity index (χ1n) is 8.50. The van der Waals surface area contributed by atoms with E-state index in [1.54, 1.807) is 54.6 Å². The van der Waals surface area contributed by atoms with Crippen molar-refractivity contribution in [2.45, 2.75) is 6.54 Å². The summed E-state index contributed by atoms with van der Waals surface area (Å²) in [5.74, 6) is -0.629. The van der Waals surface area contributed by atoms with Crippen molar-refractivity contribution in [2.24, 2.45) is 0 Å². The van der Waals surface area contributed by atoms with Crippen LogP contribution < -0.4 is 10.6 Å². The van der Waals surface area contributed by atoms with Crippen LogP contribution in [0.3, 0.4) is 0 Å². The summed E-state index contributed by atoms with van der Waals surface area (Å²) in [7, 11) is 1.30. The Morgan fingerprint density at radius 1 is 1.04 bits per heavy atom. The van der Waals surface area contributed by atoms with Crippen molar-refractivity contribution in [3.05, 3.63) is 89.4 Å². The largest absolute Gasteiger partial charge is 0.465 e. The molecule has 0 aliphatic carbocycles. The zero-order valence-corrected chi connectivity index (χ0v) is 15.1. The molecule has 2 N–H and O–H groups in total. The molecular weight excluding hydrogens is 361 g/mol. The summed E-state index contributed by atoms with van der Waals surface area (Å²) in [5, 5.41) is 5.75. The minimum absolute atomic E-state index is 0.250. The summed E-state index contributed by atoms with van der Waals surface area (Å²) in [4.78, 5) is 28.0. The Balaban J connectivity index is 1.65. The molecule has 1 heterocycles. The highest BCUT2D eigenvalue weighted by Gasteiger charge is 2.10. The normalized spacial score (nSPS) is 10.2. The number of rotatable bonds is 6. The molecule has 3 rings (SSSR count). The van der Waals surface area contributed by atoms with Gasteiger partial charge in [-0.3, -0.25) is 4.79 Å². The van der Waals surface area contributed by atoms with Crippen molar-refractivity contribution in [1.82, 2.24) is 4.98 Å². The molecule has 0 saturated heterocycles. The summed E-state index contributed by atoms with van der Waals surface area (Å²) in [6.07, 6.45) is 1.50. The average Bonchev–Trinajstić information content (AvgIpc) is 2.73. The van der Waals surface area contributed by atoms with E-state index < -0.39 is 5.97 Å². The van der Waals surface area contributed by atoms with Gasteiger partial charge in [0.15, 0.2) is 0 Å². The number of aromatic nitrogens is 1. The SMILES string of the molecule is COC(=O)c1ccc(NC(=O)c2ccnc(NCc3ccccc3F)c2)cc1. The third-order valence-electron chi connectivity index (χ3n) is 4.00. The number of benzene rings is 2. The number of halogens is 1. The summed E-state index contributed by atoms with van der Waals surface area (Å²) in [5.41, 5.74) is 1.83. The Kier molecular flexibility index (Phi) is 5.96. The predicted molar refractivity (Wildman–Crippen MR) is 104 cm³/mol. The molecule has 0 fully saturated rings. The van der Waals surface area contributed by atoms with E-state index in [0.717, 1.165) is 0 Å². The van der Waals surface area contributed by atoms with Crippen molar-refractivity contribution in [2.75, 3.05) is 17.7 Å². The van der Waals surface area contributed by atoms with E-state index >= 15 is 0 Å². The van der Waals surface area contributed by atoms with Gasteiger partial charge in [0.2, 0.25) is 0 Å². The van der Waals surface area contributed by atoms with Crippen molar-refractivity contribution in [3.8, 4) is 0 Å². The molecule has 0 bridgehead atoms. The Hall–Kier alpha value is -3.74. The number of carbonyl (C=O) groups is 2. The monoisotopic (exact) mass is 379 g/mol. The summed E-state index contributed by atoms with van der Waals surface area (Å²) in [6.45, 7) is 0.250. The second kappa shape index (κ2) is 8.77. The summed E-state index contributed by atoms with van der Waals surface area (Å²) in [6, 6.07) is 16.0. The zero-order chi connectivity index (χ0) is 19.9. The van der Waals surface area contributed by atoms with Crippen molar-refractivity contribution in [1.29, 1.82) is 0 Å². The van der Waals surface area contributed by atoms with Gasteiger partial charge in [-0.05, 0) is 42.5 Å². The van der Waals surface area contributed by atoms with Crippen LogP contribution in [-0.4, -0.2) is 24.0 Å². The van der Waals surface area contributed by atoms with Crippen molar-refractivity contribution < 1.29 is 18.7 Å². The number of ether oxygens (including phenoxy) is 1. The van der Waals surface area contributed by atoms with Gasteiger partial charge in [-0.15, -0.1) is 0 Å². The lowest BCUT2D eigenvalue weighted by Crippen LogP contribution is -2.13. The standard InChI is InChI=1S/C21H18FN3O3/c1-28-21(27)14-6-8-17(9-7-14)25-20(26)15-10-11-23-19(12-15)24-13-16-4-2-3-5-18(16)22/h2-12H,13H2,1H3,(H,23,24)(H,25,26). The maximum absolute atomic E-state index is 13.7. The van der Waals surface area contributed by atoms with Crippen LogP contribution in [0.2, 0.25) is 0 Å². The van der Waals surface area contributed by atoms with Crippen LogP contribution in [0.25, 0.3) is 0 Å². The minimum Gasteiger partial charge on any atom is -0.465 e. The van der Waals surface area contributed by atoms with Gasteiger partial charge in [-0.25, -0.2) is 14.2 Å². The highest BCUT2D eigenvalue weighted by atomic mass is 19.1. The van der Waals surface area contributed by atoms with Gasteiger partial charge >= 0.3 is 5.97 Å². The molecular formula is C21H18FN3O3. The Morgan fingerprint density at radius 2 is 1.79 bits per heavy atom. The molecule has 0 aliphatic heterocycles. The van der Waals surface area contributed by atoms with Crippen LogP contribution in [0.15, 0.2) is 66.9 Å². The van der Waals surface area contributed by atoms with E-state index in [-0.39, 0.29) is 18.3 Å². The quantitative estimate of drug-likeness (QED) is 0.636. The maximum atomic E-state index is 13.7. The Bertz CT molecular complexity index is 990. The molecule has 1 aromatic heterocycles. The number of methoxy groups -OCH3 is 1. The fourth-order valence-electron chi connectivity index (χ4n) is 2.51. The number of nitrogens with one attached hydrogen (secondary N) is 2. The molecule has 0 unspecified atom stereocenters. The number of amides is 1. The lowest BCUT2D eigenvalue weighted by atomic mass is 10.2. The number of anilines is 2. The molecule has 0 radical (unpaired) electrons. The van der Waals surface area contributed by atoms with Crippen LogP contribution in [0.5, 0.6) is 0 Å². The molecule has 6 nitrogen and oxygen atoms in total. The number of esters is 1. The Labute approximate surface area is 161 Å². The van der Waals surface area contributed by atoms with E-state index in [2.05, 4.69) is 20.4 Å². The molecule has 142 valence electrons. The van der Waals surface area contributed by atoms with Gasteiger partial charge in [0, 0.05) is 29.6 Å². The molecule has 28 heavy (non-hydrogen) atoms. The lowest BCUT2D eigenvalue weighted by molar-refractivity contribution is 0.0600. The van der Waals surface area contributed by atoms with Gasteiger partial charge in [0.25, 0.3) is 5.91 Å². The lowest BCUT2D eigenvalue weighted by Gasteiger charge is -2.09. The van der Waals surface area contributed by atoms with Crippen LogP contribution >= 0.6 is 0 Å². The third kappa shape index (κ3) is 4.70. The predicted octanol–water partition coefficient (Wildman–Crippen LogP) is 3.87. The van der Waals surface area contributed by atoms with Crippen LogP contribution in [-0.2, 0) is 11.3 Å². The number of carbonyl (C=O) groups excluding carboxylic acids is 2.